The van der Waals surface area contributed by atoms with Crippen LogP contribution < -0.4 is 11.5 Å². The first-order chi connectivity index (χ1) is 8.99. The van der Waals surface area contributed by atoms with Crippen molar-refractivity contribution in [3.63, 3.8) is 0 Å². The Morgan fingerprint density at radius 2 is 2.11 bits per heavy atom. The number of thiazole rings is 1. The van der Waals surface area contributed by atoms with Crippen molar-refractivity contribution in [2.45, 2.75) is 26.7 Å². The summed E-state index contributed by atoms with van der Waals surface area (Å²) >= 11 is 1.45. The smallest absolute Gasteiger partial charge is 0.268 e. The zero-order valence-corrected chi connectivity index (χ0v) is 11.8. The summed E-state index contributed by atoms with van der Waals surface area (Å²) in [6, 6.07) is 0. The second-order valence-corrected chi connectivity index (χ2v) is 5.34. The van der Waals surface area contributed by atoms with Gasteiger partial charge in [-0.25, -0.2) is 4.98 Å². The van der Waals surface area contributed by atoms with Gasteiger partial charge in [0.2, 0.25) is 0 Å². The molecule has 1 amide bonds. The predicted molar refractivity (Wildman–Crippen MR) is 76.2 cm³/mol. The molecule has 2 aromatic heterocycles. The number of aromatic nitrogens is 2. The molecule has 0 fully saturated rings. The fourth-order valence-corrected chi connectivity index (χ4v) is 2.71. The molecule has 0 aliphatic rings. The molecule has 0 bridgehead atoms. The van der Waals surface area contributed by atoms with Gasteiger partial charge in [0.1, 0.15) is 5.69 Å². The van der Waals surface area contributed by atoms with Crippen LogP contribution in [0.2, 0.25) is 0 Å². The maximum Gasteiger partial charge on any atom is 0.268 e. The molecule has 100 valence electrons. The van der Waals surface area contributed by atoms with Crippen molar-refractivity contribution in [3.8, 4) is 0 Å². The van der Waals surface area contributed by atoms with Crippen LogP contribution in [0.15, 0.2) is 11.6 Å². The van der Waals surface area contributed by atoms with Crippen LogP contribution in [0.4, 0.5) is 5.69 Å². The van der Waals surface area contributed by atoms with E-state index in [1.54, 1.807) is 11.6 Å². The van der Waals surface area contributed by atoms with Crippen LogP contribution in [-0.2, 0) is 12.8 Å². The van der Waals surface area contributed by atoms with Crippen molar-refractivity contribution in [2.24, 2.45) is 5.73 Å². The lowest BCUT2D eigenvalue weighted by Gasteiger charge is -2.10. The number of hydrogen-bond donors (Lipinski definition) is 2. The van der Waals surface area contributed by atoms with Crippen LogP contribution >= 0.6 is 11.3 Å². The first-order valence-corrected chi connectivity index (χ1v) is 6.81. The van der Waals surface area contributed by atoms with Crippen molar-refractivity contribution in [1.29, 1.82) is 0 Å². The lowest BCUT2D eigenvalue weighted by atomic mass is 10.0. The maximum atomic E-state index is 11.0. The molecule has 5 nitrogen and oxygen atoms in total. The van der Waals surface area contributed by atoms with Gasteiger partial charge in [0, 0.05) is 17.5 Å². The highest BCUT2D eigenvalue weighted by molar-refractivity contribution is 7.09. The first-order valence-electron chi connectivity index (χ1n) is 5.93. The van der Waals surface area contributed by atoms with E-state index < -0.39 is 5.91 Å². The number of nitrogens with zero attached hydrogens (tertiary/aromatic N) is 2. The molecule has 0 saturated heterocycles. The topological polar surface area (TPSA) is 94.9 Å². The molecule has 2 aromatic rings. The van der Waals surface area contributed by atoms with Gasteiger partial charge in [0.25, 0.3) is 5.91 Å². The molecule has 0 aliphatic carbocycles. The summed E-state index contributed by atoms with van der Waals surface area (Å²) < 4.78 is 0. The first kappa shape index (κ1) is 13.5. The summed E-state index contributed by atoms with van der Waals surface area (Å²) in [4.78, 5) is 19.4. The largest absolute Gasteiger partial charge is 0.397 e. The number of hydrogen-bond acceptors (Lipinski definition) is 5. The number of carbonyl (C=O) groups excluding carboxylic acids is 1. The number of rotatable bonds is 4. The molecule has 0 atom stereocenters. The standard InChI is InChI=1S/C13H16N4OS/c1-7-9(8(2)16-5-10(7)14)3-4-12-17-11(6-19-12)13(15)18/h5-6H,3-4,14H2,1-2H3,(H2,15,18). The number of nitrogens with two attached hydrogens (primary N) is 2. The van der Waals surface area contributed by atoms with Crippen molar-refractivity contribution < 1.29 is 4.79 Å². The summed E-state index contributed by atoms with van der Waals surface area (Å²) in [5.41, 5.74) is 15.3. The lowest BCUT2D eigenvalue weighted by molar-refractivity contribution is 0.0996. The van der Waals surface area contributed by atoms with Gasteiger partial charge >= 0.3 is 0 Å². The molecule has 2 rings (SSSR count). The van der Waals surface area contributed by atoms with E-state index >= 15 is 0 Å². The van der Waals surface area contributed by atoms with Gasteiger partial charge in [-0.3, -0.25) is 9.78 Å². The van der Waals surface area contributed by atoms with Crippen LogP contribution in [0, 0.1) is 13.8 Å². The summed E-state index contributed by atoms with van der Waals surface area (Å²) in [5, 5.41) is 2.59. The van der Waals surface area contributed by atoms with E-state index in [1.165, 1.54) is 11.3 Å². The van der Waals surface area contributed by atoms with Crippen molar-refractivity contribution in [2.75, 3.05) is 5.73 Å². The zero-order valence-electron chi connectivity index (χ0n) is 10.9. The Morgan fingerprint density at radius 3 is 2.74 bits per heavy atom. The molecule has 0 unspecified atom stereocenters. The molecule has 0 radical (unpaired) electrons. The molecule has 2 heterocycles. The summed E-state index contributed by atoms with van der Waals surface area (Å²) in [5.74, 6) is -0.486. The number of aryl methyl sites for hydroxylation is 2. The van der Waals surface area contributed by atoms with E-state index in [4.69, 9.17) is 11.5 Å². The highest BCUT2D eigenvalue weighted by atomic mass is 32.1. The van der Waals surface area contributed by atoms with Gasteiger partial charge < -0.3 is 11.5 Å². The van der Waals surface area contributed by atoms with Crippen LogP contribution in [-0.4, -0.2) is 15.9 Å². The average Bonchev–Trinajstić information content (AvgIpc) is 2.83. The maximum absolute atomic E-state index is 11.0. The molecule has 0 spiro atoms. The summed E-state index contributed by atoms with van der Waals surface area (Å²) in [7, 11) is 0. The number of pyridine rings is 1. The molecule has 0 saturated carbocycles. The minimum Gasteiger partial charge on any atom is -0.397 e. The number of primary amides is 1. The lowest BCUT2D eigenvalue weighted by Crippen LogP contribution is -2.11. The number of carbonyl (C=O) groups is 1. The summed E-state index contributed by atoms with van der Waals surface area (Å²) in [6.07, 6.45) is 3.24. The van der Waals surface area contributed by atoms with Gasteiger partial charge in [0.05, 0.1) is 16.9 Å². The Balaban J connectivity index is 2.14. The Kier molecular flexibility index (Phi) is 3.80. The fourth-order valence-electron chi connectivity index (χ4n) is 1.93. The monoisotopic (exact) mass is 276 g/mol. The SMILES string of the molecule is Cc1ncc(N)c(C)c1CCc1nc(C(N)=O)cs1. The molecular formula is C13H16N4OS. The molecule has 0 aromatic carbocycles. The van der Waals surface area contributed by atoms with Gasteiger partial charge in [0.15, 0.2) is 0 Å². The van der Waals surface area contributed by atoms with Crippen LogP contribution in [0.3, 0.4) is 0 Å². The molecule has 0 aliphatic heterocycles. The van der Waals surface area contributed by atoms with E-state index in [2.05, 4.69) is 9.97 Å². The predicted octanol–water partition coefficient (Wildman–Crippen LogP) is 1.62. The Bertz CT molecular complexity index is 621. The second-order valence-electron chi connectivity index (χ2n) is 4.39. The Labute approximate surface area is 115 Å². The fraction of sp³-hybridized carbons (Fsp3) is 0.308. The average molecular weight is 276 g/mol. The van der Waals surface area contributed by atoms with E-state index in [0.717, 1.165) is 34.7 Å². The van der Waals surface area contributed by atoms with Gasteiger partial charge in [-0.05, 0) is 31.4 Å². The Morgan fingerprint density at radius 1 is 1.37 bits per heavy atom. The third kappa shape index (κ3) is 2.90. The van der Waals surface area contributed by atoms with E-state index in [-0.39, 0.29) is 0 Å². The van der Waals surface area contributed by atoms with Crippen molar-refractivity contribution >= 4 is 22.9 Å². The number of anilines is 1. The highest BCUT2D eigenvalue weighted by Gasteiger charge is 2.10. The minimum atomic E-state index is -0.486. The molecule has 19 heavy (non-hydrogen) atoms. The summed E-state index contributed by atoms with van der Waals surface area (Å²) in [6.45, 7) is 3.97. The zero-order chi connectivity index (χ0) is 14.0. The minimum absolute atomic E-state index is 0.333. The molecule has 6 heteroatoms. The van der Waals surface area contributed by atoms with Crippen LogP contribution in [0.25, 0.3) is 0 Å². The van der Waals surface area contributed by atoms with E-state index in [0.29, 0.717) is 11.4 Å². The molecule has 4 N–H and O–H groups in total. The van der Waals surface area contributed by atoms with E-state index in [9.17, 15) is 4.79 Å². The number of nitrogen functional groups attached to an aromatic ring is 1. The van der Waals surface area contributed by atoms with Gasteiger partial charge in [-0.15, -0.1) is 11.3 Å². The Hall–Kier alpha value is -1.95. The van der Waals surface area contributed by atoms with Gasteiger partial charge in [-0.1, -0.05) is 0 Å². The molecular weight excluding hydrogens is 260 g/mol. The second kappa shape index (κ2) is 5.36. The van der Waals surface area contributed by atoms with Gasteiger partial charge in [-0.2, -0.15) is 0 Å². The normalized spacial score (nSPS) is 10.6. The van der Waals surface area contributed by atoms with Crippen LogP contribution in [0.5, 0.6) is 0 Å². The third-order valence-corrected chi connectivity index (χ3v) is 4.02. The number of amides is 1. The highest BCUT2D eigenvalue weighted by Crippen LogP contribution is 2.20. The quantitative estimate of drug-likeness (QED) is 0.887. The van der Waals surface area contributed by atoms with Crippen molar-refractivity contribution in [3.05, 3.63) is 39.1 Å². The van der Waals surface area contributed by atoms with E-state index in [1.807, 2.05) is 13.8 Å². The third-order valence-electron chi connectivity index (χ3n) is 3.11. The van der Waals surface area contributed by atoms with Crippen molar-refractivity contribution in [1.82, 2.24) is 9.97 Å². The van der Waals surface area contributed by atoms with Crippen LogP contribution in [0.1, 0.15) is 32.3 Å².